The molecule has 130 valence electrons. The van der Waals surface area contributed by atoms with Crippen LogP contribution in [0.4, 0.5) is 14.5 Å². The van der Waals surface area contributed by atoms with Crippen molar-refractivity contribution in [2.75, 3.05) is 19.0 Å². The Hall–Kier alpha value is -3.15. The van der Waals surface area contributed by atoms with Gasteiger partial charge >= 0.3 is 0 Å². The topological polar surface area (TPSA) is 47.6 Å². The van der Waals surface area contributed by atoms with Gasteiger partial charge in [-0.2, -0.15) is 0 Å². The molecule has 0 aliphatic rings. The van der Waals surface area contributed by atoms with Crippen molar-refractivity contribution < 1.29 is 23.0 Å². The molecular formula is C19H17F2NO3. The number of anilines is 1. The summed E-state index contributed by atoms with van der Waals surface area (Å²) >= 11 is 0. The highest BCUT2D eigenvalue weighted by molar-refractivity contribution is 6.01. The molecule has 0 radical (unpaired) electrons. The molecule has 0 atom stereocenters. The van der Waals surface area contributed by atoms with Crippen LogP contribution >= 0.6 is 0 Å². The first-order chi connectivity index (χ1) is 12.0. The van der Waals surface area contributed by atoms with Crippen LogP contribution in [0.3, 0.4) is 0 Å². The normalized spacial score (nSPS) is 10.5. The van der Waals surface area contributed by atoms with E-state index in [4.69, 9.17) is 9.47 Å². The van der Waals surface area contributed by atoms with Gasteiger partial charge in [-0.05, 0) is 35.9 Å². The standard InChI is InChI=1S/C19H17F2NO3/c1-3-10-25-17-8-4-13(11-18(17)24-2)5-9-19(23)22-14-6-7-15(20)16(21)12-14/h3-9,11-12H,1,10H2,2H3,(H,22,23)/b9-5+. The molecule has 0 aromatic heterocycles. The summed E-state index contributed by atoms with van der Waals surface area (Å²) in [6.45, 7) is 3.93. The van der Waals surface area contributed by atoms with Crippen LogP contribution in [-0.2, 0) is 4.79 Å². The molecule has 25 heavy (non-hydrogen) atoms. The lowest BCUT2D eigenvalue weighted by Gasteiger charge is -2.09. The van der Waals surface area contributed by atoms with E-state index in [1.165, 1.54) is 19.3 Å². The Morgan fingerprint density at radius 3 is 2.64 bits per heavy atom. The Bertz CT molecular complexity index is 803. The van der Waals surface area contributed by atoms with Crippen molar-refractivity contribution >= 4 is 17.7 Å². The SMILES string of the molecule is C=CCOc1ccc(/C=C/C(=O)Nc2ccc(F)c(F)c2)cc1OC. The van der Waals surface area contributed by atoms with Crippen LogP contribution in [0.15, 0.2) is 55.1 Å². The second kappa shape index (κ2) is 8.63. The van der Waals surface area contributed by atoms with E-state index in [1.54, 1.807) is 30.4 Å². The minimum absolute atomic E-state index is 0.166. The molecule has 0 spiro atoms. The zero-order chi connectivity index (χ0) is 18.2. The molecule has 1 N–H and O–H groups in total. The summed E-state index contributed by atoms with van der Waals surface area (Å²) in [7, 11) is 1.51. The zero-order valence-corrected chi connectivity index (χ0v) is 13.6. The molecule has 0 saturated carbocycles. The number of carbonyl (C=O) groups is 1. The number of benzene rings is 2. The first kappa shape index (κ1) is 18.2. The minimum Gasteiger partial charge on any atom is -0.493 e. The molecule has 0 heterocycles. The minimum atomic E-state index is -1.03. The van der Waals surface area contributed by atoms with Crippen molar-refractivity contribution in [2.45, 2.75) is 0 Å². The maximum absolute atomic E-state index is 13.1. The van der Waals surface area contributed by atoms with Gasteiger partial charge in [0.1, 0.15) is 6.61 Å². The number of nitrogens with one attached hydrogen (secondary N) is 1. The number of halogens is 2. The molecule has 0 aliphatic carbocycles. The number of rotatable bonds is 7. The smallest absolute Gasteiger partial charge is 0.248 e. The average molecular weight is 345 g/mol. The number of hydrogen-bond acceptors (Lipinski definition) is 3. The van der Waals surface area contributed by atoms with Gasteiger partial charge in [0.2, 0.25) is 5.91 Å². The maximum Gasteiger partial charge on any atom is 0.248 e. The third-order valence-corrected chi connectivity index (χ3v) is 3.16. The van der Waals surface area contributed by atoms with Gasteiger partial charge in [-0.1, -0.05) is 18.7 Å². The van der Waals surface area contributed by atoms with E-state index >= 15 is 0 Å². The number of carbonyl (C=O) groups excluding carboxylic acids is 1. The number of ether oxygens (including phenoxy) is 2. The van der Waals surface area contributed by atoms with E-state index in [-0.39, 0.29) is 5.69 Å². The molecule has 0 fully saturated rings. The summed E-state index contributed by atoms with van der Waals surface area (Å²) in [5.41, 5.74) is 0.877. The second-order valence-corrected chi connectivity index (χ2v) is 4.96. The van der Waals surface area contributed by atoms with Gasteiger partial charge in [0.05, 0.1) is 7.11 Å². The second-order valence-electron chi connectivity index (χ2n) is 4.96. The van der Waals surface area contributed by atoms with Gasteiger partial charge in [-0.25, -0.2) is 8.78 Å². The van der Waals surface area contributed by atoms with Crippen molar-refractivity contribution in [2.24, 2.45) is 0 Å². The number of amides is 1. The van der Waals surface area contributed by atoms with Crippen LogP contribution in [0.2, 0.25) is 0 Å². The van der Waals surface area contributed by atoms with Gasteiger partial charge in [0, 0.05) is 17.8 Å². The van der Waals surface area contributed by atoms with Crippen molar-refractivity contribution in [1.82, 2.24) is 0 Å². The van der Waals surface area contributed by atoms with Gasteiger partial charge < -0.3 is 14.8 Å². The van der Waals surface area contributed by atoms with Crippen LogP contribution in [0.1, 0.15) is 5.56 Å². The summed E-state index contributed by atoms with van der Waals surface area (Å²) in [5.74, 6) is -1.39. The van der Waals surface area contributed by atoms with Crippen molar-refractivity contribution in [3.05, 3.63) is 72.3 Å². The summed E-state index contributed by atoms with van der Waals surface area (Å²) in [5, 5.41) is 2.45. The van der Waals surface area contributed by atoms with Gasteiger partial charge in [0.25, 0.3) is 0 Å². The maximum atomic E-state index is 13.1. The fourth-order valence-corrected chi connectivity index (χ4v) is 1.99. The Kier molecular flexibility index (Phi) is 6.28. The zero-order valence-electron chi connectivity index (χ0n) is 13.6. The van der Waals surface area contributed by atoms with Crippen molar-refractivity contribution in [1.29, 1.82) is 0 Å². The molecule has 0 bridgehead atoms. The Labute approximate surface area is 144 Å². The van der Waals surface area contributed by atoms with E-state index in [9.17, 15) is 13.6 Å². The summed E-state index contributed by atoms with van der Waals surface area (Å²) in [6.07, 6.45) is 4.46. The molecule has 4 nitrogen and oxygen atoms in total. The highest BCUT2D eigenvalue weighted by Crippen LogP contribution is 2.28. The molecule has 0 saturated heterocycles. The summed E-state index contributed by atoms with van der Waals surface area (Å²) < 4.78 is 36.7. The monoisotopic (exact) mass is 345 g/mol. The summed E-state index contributed by atoms with van der Waals surface area (Å²) in [4.78, 5) is 11.9. The average Bonchev–Trinajstić information content (AvgIpc) is 2.61. The molecule has 2 rings (SSSR count). The van der Waals surface area contributed by atoms with Crippen LogP contribution < -0.4 is 14.8 Å². The van der Waals surface area contributed by atoms with E-state index < -0.39 is 17.5 Å². The van der Waals surface area contributed by atoms with Crippen LogP contribution in [0.25, 0.3) is 6.08 Å². The molecule has 1 amide bonds. The molecule has 6 heteroatoms. The largest absolute Gasteiger partial charge is 0.493 e. The van der Waals surface area contributed by atoms with Gasteiger partial charge in [-0.3, -0.25) is 4.79 Å². The lowest BCUT2D eigenvalue weighted by molar-refractivity contribution is -0.111. The summed E-state index contributed by atoms with van der Waals surface area (Å²) in [6, 6.07) is 8.31. The first-order valence-corrected chi connectivity index (χ1v) is 7.39. The Balaban J connectivity index is 2.05. The molecule has 0 unspecified atom stereocenters. The van der Waals surface area contributed by atoms with Crippen LogP contribution in [0.5, 0.6) is 11.5 Å². The number of methoxy groups -OCH3 is 1. The van der Waals surface area contributed by atoms with E-state index in [2.05, 4.69) is 11.9 Å². The predicted octanol–water partition coefficient (Wildman–Crippen LogP) is 4.19. The van der Waals surface area contributed by atoms with E-state index in [0.717, 1.165) is 12.1 Å². The van der Waals surface area contributed by atoms with Crippen LogP contribution in [-0.4, -0.2) is 19.6 Å². The fraction of sp³-hybridized carbons (Fsp3) is 0.105. The Morgan fingerprint density at radius 1 is 1.16 bits per heavy atom. The van der Waals surface area contributed by atoms with E-state index in [0.29, 0.717) is 23.7 Å². The quantitative estimate of drug-likeness (QED) is 0.605. The third kappa shape index (κ3) is 5.17. The Morgan fingerprint density at radius 2 is 1.96 bits per heavy atom. The lowest BCUT2D eigenvalue weighted by atomic mass is 10.2. The van der Waals surface area contributed by atoms with Crippen LogP contribution in [0, 0.1) is 11.6 Å². The molecular weight excluding hydrogens is 328 g/mol. The fourth-order valence-electron chi connectivity index (χ4n) is 1.99. The van der Waals surface area contributed by atoms with Crippen molar-refractivity contribution in [3.8, 4) is 11.5 Å². The van der Waals surface area contributed by atoms with Crippen molar-refractivity contribution in [3.63, 3.8) is 0 Å². The lowest BCUT2D eigenvalue weighted by Crippen LogP contribution is -2.08. The van der Waals surface area contributed by atoms with Gasteiger partial charge in [-0.15, -0.1) is 0 Å². The third-order valence-electron chi connectivity index (χ3n) is 3.16. The van der Waals surface area contributed by atoms with E-state index in [1.807, 2.05) is 0 Å². The highest BCUT2D eigenvalue weighted by atomic mass is 19.2. The molecule has 2 aromatic rings. The van der Waals surface area contributed by atoms with Gasteiger partial charge in [0.15, 0.2) is 23.1 Å². The number of hydrogen-bond donors (Lipinski definition) is 1. The molecule has 2 aromatic carbocycles. The predicted molar refractivity (Wildman–Crippen MR) is 92.7 cm³/mol. The first-order valence-electron chi connectivity index (χ1n) is 7.39. The molecule has 0 aliphatic heterocycles. The highest BCUT2D eigenvalue weighted by Gasteiger charge is 2.06.